The first kappa shape index (κ1) is 15.4. The molecule has 0 saturated heterocycles. The van der Waals surface area contributed by atoms with E-state index in [9.17, 15) is 8.78 Å². The van der Waals surface area contributed by atoms with Gasteiger partial charge in [0, 0.05) is 13.7 Å². The average Bonchev–Trinajstić information content (AvgIpc) is 2.44. The molecule has 0 heterocycles. The maximum atomic E-state index is 14.0. The van der Waals surface area contributed by atoms with Gasteiger partial charge < -0.3 is 14.8 Å². The average molecular weight is 293 g/mol. The molecule has 0 aliphatic rings. The van der Waals surface area contributed by atoms with Crippen molar-refractivity contribution in [2.45, 2.75) is 13.2 Å². The zero-order chi connectivity index (χ0) is 15.2. The van der Waals surface area contributed by atoms with Crippen LogP contribution < -0.4 is 10.1 Å². The van der Waals surface area contributed by atoms with E-state index in [-0.39, 0.29) is 0 Å². The van der Waals surface area contributed by atoms with Crippen molar-refractivity contribution >= 4 is 0 Å². The van der Waals surface area contributed by atoms with Crippen LogP contribution in [-0.4, -0.2) is 14.2 Å². The Labute approximate surface area is 122 Å². The van der Waals surface area contributed by atoms with Crippen molar-refractivity contribution in [3.05, 3.63) is 59.2 Å². The van der Waals surface area contributed by atoms with Crippen LogP contribution in [-0.2, 0) is 17.9 Å². The SMILES string of the molecule is CNCc1cc(F)c(Oc2cccc(COC)c2)c(F)c1. The van der Waals surface area contributed by atoms with Crippen LogP contribution in [0.1, 0.15) is 11.1 Å². The van der Waals surface area contributed by atoms with Gasteiger partial charge in [0.15, 0.2) is 17.4 Å². The van der Waals surface area contributed by atoms with Crippen molar-refractivity contribution in [3.63, 3.8) is 0 Å². The first-order chi connectivity index (χ1) is 10.1. The molecule has 21 heavy (non-hydrogen) atoms. The predicted octanol–water partition coefficient (Wildman–Crippen LogP) is 3.62. The van der Waals surface area contributed by atoms with Crippen LogP contribution in [0.3, 0.4) is 0 Å². The van der Waals surface area contributed by atoms with Crippen molar-refractivity contribution in [1.82, 2.24) is 5.32 Å². The van der Waals surface area contributed by atoms with Gasteiger partial charge in [0.05, 0.1) is 6.61 Å². The molecule has 0 aliphatic heterocycles. The van der Waals surface area contributed by atoms with Crippen molar-refractivity contribution in [3.8, 4) is 11.5 Å². The molecular formula is C16H17F2NO2. The molecule has 0 amide bonds. The molecule has 0 saturated carbocycles. The molecule has 112 valence electrons. The van der Waals surface area contributed by atoms with Crippen LogP contribution in [0.5, 0.6) is 11.5 Å². The molecule has 0 bridgehead atoms. The van der Waals surface area contributed by atoms with Gasteiger partial charge in [-0.05, 0) is 42.4 Å². The number of nitrogens with one attached hydrogen (secondary N) is 1. The molecule has 2 rings (SSSR count). The Morgan fingerprint density at radius 1 is 1.05 bits per heavy atom. The molecule has 0 unspecified atom stereocenters. The van der Waals surface area contributed by atoms with E-state index in [0.717, 1.165) is 5.56 Å². The lowest BCUT2D eigenvalue weighted by Gasteiger charge is -2.11. The Morgan fingerprint density at radius 2 is 1.76 bits per heavy atom. The third-order valence-electron chi connectivity index (χ3n) is 2.87. The topological polar surface area (TPSA) is 30.5 Å². The normalized spacial score (nSPS) is 10.7. The Hall–Kier alpha value is -1.98. The van der Waals surface area contributed by atoms with Crippen molar-refractivity contribution in [2.24, 2.45) is 0 Å². The van der Waals surface area contributed by atoms with Crippen LogP contribution in [0, 0.1) is 11.6 Å². The molecule has 3 nitrogen and oxygen atoms in total. The van der Waals surface area contributed by atoms with Crippen molar-refractivity contribution in [1.29, 1.82) is 0 Å². The van der Waals surface area contributed by atoms with E-state index in [4.69, 9.17) is 9.47 Å². The molecule has 0 aliphatic carbocycles. The highest BCUT2D eigenvalue weighted by Gasteiger charge is 2.13. The molecular weight excluding hydrogens is 276 g/mol. The van der Waals surface area contributed by atoms with E-state index in [1.165, 1.54) is 12.1 Å². The van der Waals surface area contributed by atoms with Gasteiger partial charge in [-0.15, -0.1) is 0 Å². The summed E-state index contributed by atoms with van der Waals surface area (Å²) in [6.07, 6.45) is 0. The minimum absolute atomic E-state index is 0.365. The summed E-state index contributed by atoms with van der Waals surface area (Å²) in [6.45, 7) is 0.792. The van der Waals surface area contributed by atoms with Gasteiger partial charge in [-0.25, -0.2) is 8.78 Å². The number of hydrogen-bond donors (Lipinski definition) is 1. The van der Waals surface area contributed by atoms with E-state index < -0.39 is 17.4 Å². The molecule has 0 spiro atoms. The molecule has 5 heteroatoms. The molecule has 0 atom stereocenters. The third-order valence-corrected chi connectivity index (χ3v) is 2.87. The summed E-state index contributed by atoms with van der Waals surface area (Å²) < 4.78 is 38.2. The van der Waals surface area contributed by atoms with Gasteiger partial charge in [0.25, 0.3) is 0 Å². The van der Waals surface area contributed by atoms with Gasteiger partial charge in [0.2, 0.25) is 0 Å². The predicted molar refractivity (Wildman–Crippen MR) is 76.4 cm³/mol. The fourth-order valence-electron chi connectivity index (χ4n) is 2.00. The Kier molecular flexibility index (Phi) is 5.25. The summed E-state index contributed by atoms with van der Waals surface area (Å²) in [5, 5.41) is 2.84. The lowest BCUT2D eigenvalue weighted by Crippen LogP contribution is -2.06. The quantitative estimate of drug-likeness (QED) is 0.882. The first-order valence-corrected chi connectivity index (χ1v) is 6.52. The molecule has 0 aromatic heterocycles. The van der Waals surface area contributed by atoms with E-state index in [0.29, 0.717) is 24.5 Å². The number of ether oxygens (including phenoxy) is 2. The third kappa shape index (κ3) is 4.00. The summed E-state index contributed by atoms with van der Waals surface area (Å²) in [5.41, 5.74) is 1.38. The zero-order valence-electron chi connectivity index (χ0n) is 12.0. The van der Waals surface area contributed by atoms with Gasteiger partial charge in [-0.2, -0.15) is 0 Å². The summed E-state index contributed by atoms with van der Waals surface area (Å²) in [6, 6.07) is 9.43. The van der Waals surface area contributed by atoms with Gasteiger partial charge >= 0.3 is 0 Å². The lowest BCUT2D eigenvalue weighted by atomic mass is 10.2. The highest BCUT2D eigenvalue weighted by molar-refractivity contribution is 5.37. The van der Waals surface area contributed by atoms with E-state index >= 15 is 0 Å². The Bertz CT molecular complexity index is 594. The van der Waals surface area contributed by atoms with E-state index in [2.05, 4.69) is 5.32 Å². The number of halogens is 2. The molecule has 2 aromatic rings. The minimum Gasteiger partial charge on any atom is -0.451 e. The second kappa shape index (κ2) is 7.15. The number of methoxy groups -OCH3 is 1. The van der Waals surface area contributed by atoms with Crippen LogP contribution in [0.2, 0.25) is 0 Å². The summed E-state index contributed by atoms with van der Waals surface area (Å²) in [4.78, 5) is 0. The van der Waals surface area contributed by atoms with Crippen LogP contribution >= 0.6 is 0 Å². The van der Waals surface area contributed by atoms with E-state index in [1.807, 2.05) is 6.07 Å². The van der Waals surface area contributed by atoms with Crippen molar-refractivity contribution < 1.29 is 18.3 Å². The number of benzene rings is 2. The van der Waals surface area contributed by atoms with Crippen LogP contribution in [0.25, 0.3) is 0 Å². The fourth-order valence-corrected chi connectivity index (χ4v) is 2.00. The smallest absolute Gasteiger partial charge is 0.198 e. The Morgan fingerprint density at radius 3 is 2.38 bits per heavy atom. The molecule has 0 radical (unpaired) electrons. The van der Waals surface area contributed by atoms with Gasteiger partial charge in [-0.3, -0.25) is 0 Å². The van der Waals surface area contributed by atoms with Crippen LogP contribution in [0.4, 0.5) is 8.78 Å². The maximum Gasteiger partial charge on any atom is 0.198 e. The molecule has 0 fully saturated rings. The molecule has 2 aromatic carbocycles. The number of rotatable bonds is 6. The highest BCUT2D eigenvalue weighted by atomic mass is 19.1. The summed E-state index contributed by atoms with van der Waals surface area (Å²) in [5.74, 6) is -1.48. The van der Waals surface area contributed by atoms with Crippen molar-refractivity contribution in [2.75, 3.05) is 14.2 Å². The fraction of sp³-hybridized carbons (Fsp3) is 0.250. The zero-order valence-corrected chi connectivity index (χ0v) is 12.0. The summed E-state index contributed by atoms with van der Waals surface area (Å²) in [7, 11) is 3.29. The van der Waals surface area contributed by atoms with Crippen LogP contribution in [0.15, 0.2) is 36.4 Å². The lowest BCUT2D eigenvalue weighted by molar-refractivity contribution is 0.184. The minimum atomic E-state index is -0.725. The summed E-state index contributed by atoms with van der Waals surface area (Å²) >= 11 is 0. The van der Waals surface area contributed by atoms with Gasteiger partial charge in [-0.1, -0.05) is 12.1 Å². The standard InChI is InChI=1S/C16H17F2NO2/c1-19-9-12-7-14(17)16(15(18)8-12)21-13-5-3-4-11(6-13)10-20-2/h3-8,19H,9-10H2,1-2H3. The second-order valence-electron chi connectivity index (χ2n) is 4.60. The van der Waals surface area contributed by atoms with Gasteiger partial charge in [0.1, 0.15) is 5.75 Å². The first-order valence-electron chi connectivity index (χ1n) is 6.52. The second-order valence-corrected chi connectivity index (χ2v) is 4.60. The molecule has 1 N–H and O–H groups in total. The largest absolute Gasteiger partial charge is 0.451 e. The maximum absolute atomic E-state index is 14.0. The Balaban J connectivity index is 2.25. The monoisotopic (exact) mass is 293 g/mol. The van der Waals surface area contributed by atoms with E-state index in [1.54, 1.807) is 32.4 Å². The highest BCUT2D eigenvalue weighted by Crippen LogP contribution is 2.29. The number of hydrogen-bond acceptors (Lipinski definition) is 3.